The molecule has 0 aliphatic heterocycles. The van der Waals surface area contributed by atoms with Crippen molar-refractivity contribution in [2.24, 2.45) is 0 Å². The highest BCUT2D eigenvalue weighted by atomic mass is 16.6. The van der Waals surface area contributed by atoms with Gasteiger partial charge in [0, 0.05) is 7.11 Å². The maximum atomic E-state index is 11.8. The number of ether oxygens (including phenoxy) is 4. The first-order valence-electron chi connectivity index (χ1n) is 5.81. The highest BCUT2D eigenvalue weighted by Crippen LogP contribution is 2.23. The molecule has 0 fully saturated rings. The van der Waals surface area contributed by atoms with Gasteiger partial charge in [0.1, 0.15) is 0 Å². The van der Waals surface area contributed by atoms with Gasteiger partial charge < -0.3 is 18.9 Å². The van der Waals surface area contributed by atoms with Crippen LogP contribution in [0, 0.1) is 0 Å². The normalized spacial score (nSPS) is 13.3. The minimum Gasteiger partial charge on any atom is -0.469 e. The molecule has 0 radical (unpaired) electrons. The van der Waals surface area contributed by atoms with E-state index in [0.717, 1.165) is 7.11 Å². The lowest BCUT2D eigenvalue weighted by atomic mass is 9.95. The van der Waals surface area contributed by atoms with E-state index in [1.54, 1.807) is 0 Å². The molecule has 0 aliphatic rings. The van der Waals surface area contributed by atoms with E-state index in [0.29, 0.717) is 6.42 Å². The van der Waals surface area contributed by atoms with Crippen molar-refractivity contribution in [3.05, 3.63) is 0 Å². The lowest BCUT2D eigenvalue weighted by molar-refractivity contribution is -0.179. The Balaban J connectivity index is 4.96. The van der Waals surface area contributed by atoms with Crippen molar-refractivity contribution >= 4 is 17.9 Å². The van der Waals surface area contributed by atoms with Crippen LogP contribution < -0.4 is 0 Å². The van der Waals surface area contributed by atoms with Gasteiger partial charge in [-0.25, -0.2) is 4.79 Å². The molecule has 1 unspecified atom stereocenters. The van der Waals surface area contributed by atoms with Gasteiger partial charge in [0.05, 0.1) is 33.7 Å². The molecule has 0 aliphatic carbocycles. The van der Waals surface area contributed by atoms with Gasteiger partial charge in [-0.05, 0) is 6.42 Å². The second-order valence-corrected chi connectivity index (χ2v) is 3.84. The molecule has 0 rings (SSSR count). The summed E-state index contributed by atoms with van der Waals surface area (Å²) in [5.74, 6) is -2.15. The van der Waals surface area contributed by atoms with E-state index in [1.165, 1.54) is 14.2 Å². The Morgan fingerprint density at radius 2 is 1.53 bits per heavy atom. The van der Waals surface area contributed by atoms with Crippen LogP contribution in [0.25, 0.3) is 0 Å². The van der Waals surface area contributed by atoms with Gasteiger partial charge in [0.25, 0.3) is 0 Å². The zero-order valence-electron chi connectivity index (χ0n) is 11.7. The Kier molecular flexibility index (Phi) is 7.74. The zero-order chi connectivity index (χ0) is 14.9. The van der Waals surface area contributed by atoms with Gasteiger partial charge in [0.2, 0.25) is 0 Å². The van der Waals surface area contributed by atoms with Crippen molar-refractivity contribution in [2.75, 3.05) is 27.9 Å². The molecule has 0 N–H and O–H groups in total. The van der Waals surface area contributed by atoms with Crippen molar-refractivity contribution in [1.82, 2.24) is 0 Å². The minimum atomic E-state index is -1.72. The minimum absolute atomic E-state index is 0.234. The molecule has 0 spiro atoms. The third kappa shape index (κ3) is 5.25. The number of hydrogen-bond acceptors (Lipinski definition) is 7. The lowest BCUT2D eigenvalue weighted by Gasteiger charge is -2.27. The summed E-state index contributed by atoms with van der Waals surface area (Å²) in [6.45, 7) is 2.07. The summed E-state index contributed by atoms with van der Waals surface area (Å²) < 4.78 is 19.0. The fourth-order valence-electron chi connectivity index (χ4n) is 1.43. The zero-order valence-corrected chi connectivity index (χ0v) is 11.7. The summed E-state index contributed by atoms with van der Waals surface area (Å²) in [7, 11) is 3.53. The summed E-state index contributed by atoms with van der Waals surface area (Å²) in [5.41, 5.74) is -1.72. The van der Waals surface area contributed by atoms with Crippen LogP contribution in [0.4, 0.5) is 0 Å². The fraction of sp³-hybridized carbons (Fsp3) is 0.750. The molecule has 0 saturated heterocycles. The van der Waals surface area contributed by atoms with Gasteiger partial charge >= 0.3 is 17.9 Å². The van der Waals surface area contributed by atoms with E-state index in [2.05, 4.69) is 9.47 Å². The van der Waals surface area contributed by atoms with Crippen LogP contribution in [0.2, 0.25) is 0 Å². The number of rotatable bonds is 8. The summed E-state index contributed by atoms with van der Waals surface area (Å²) in [5, 5.41) is 0. The molecular formula is C12H20O7. The number of esters is 3. The van der Waals surface area contributed by atoms with E-state index < -0.39 is 36.4 Å². The van der Waals surface area contributed by atoms with Gasteiger partial charge in [-0.3, -0.25) is 9.59 Å². The Morgan fingerprint density at radius 1 is 0.947 bits per heavy atom. The van der Waals surface area contributed by atoms with Gasteiger partial charge in [-0.1, -0.05) is 6.92 Å². The smallest absolute Gasteiger partial charge is 0.339 e. The van der Waals surface area contributed by atoms with E-state index in [9.17, 15) is 14.4 Å². The molecule has 0 bridgehead atoms. The molecule has 0 aromatic heterocycles. The molecule has 0 amide bonds. The number of methoxy groups -OCH3 is 3. The molecule has 0 saturated carbocycles. The van der Waals surface area contributed by atoms with Gasteiger partial charge in [0.15, 0.2) is 5.60 Å². The summed E-state index contributed by atoms with van der Waals surface area (Å²) in [6.07, 6.45) is -0.180. The van der Waals surface area contributed by atoms with Crippen LogP contribution in [0.3, 0.4) is 0 Å². The van der Waals surface area contributed by atoms with Crippen molar-refractivity contribution in [3.63, 3.8) is 0 Å². The van der Waals surface area contributed by atoms with Crippen molar-refractivity contribution in [3.8, 4) is 0 Å². The van der Waals surface area contributed by atoms with E-state index in [4.69, 9.17) is 9.47 Å². The van der Waals surface area contributed by atoms with E-state index in [1.807, 2.05) is 6.92 Å². The Bertz CT molecular complexity index is 326. The highest BCUT2D eigenvalue weighted by molar-refractivity contribution is 5.90. The van der Waals surface area contributed by atoms with Crippen LogP contribution in [0.15, 0.2) is 0 Å². The average molecular weight is 276 g/mol. The Labute approximate surface area is 112 Å². The Morgan fingerprint density at radius 3 is 1.95 bits per heavy atom. The van der Waals surface area contributed by atoms with E-state index in [-0.39, 0.29) is 6.61 Å². The summed E-state index contributed by atoms with van der Waals surface area (Å²) >= 11 is 0. The van der Waals surface area contributed by atoms with Crippen LogP contribution in [0.5, 0.6) is 0 Å². The van der Waals surface area contributed by atoms with Crippen LogP contribution in [-0.4, -0.2) is 51.4 Å². The summed E-state index contributed by atoms with van der Waals surface area (Å²) in [6, 6.07) is 0. The SMILES string of the molecule is CCCOC(=O)CC(CC(=O)OC)(OC)C(=O)OC. The number of hydrogen-bond donors (Lipinski definition) is 0. The second kappa shape index (κ2) is 8.47. The third-order valence-corrected chi connectivity index (χ3v) is 2.50. The molecule has 1 atom stereocenters. The topological polar surface area (TPSA) is 88.1 Å². The molecule has 7 nitrogen and oxygen atoms in total. The predicted octanol–water partition coefficient (Wildman–Crippen LogP) is 0.451. The summed E-state index contributed by atoms with van der Waals surface area (Å²) in [4.78, 5) is 34.7. The first kappa shape index (κ1) is 17.4. The molecule has 0 aromatic rings. The molecular weight excluding hydrogens is 256 g/mol. The maximum absolute atomic E-state index is 11.8. The highest BCUT2D eigenvalue weighted by Gasteiger charge is 2.45. The quantitative estimate of drug-likeness (QED) is 0.469. The van der Waals surface area contributed by atoms with E-state index >= 15 is 0 Å². The largest absolute Gasteiger partial charge is 0.469 e. The first-order valence-corrected chi connectivity index (χ1v) is 5.81. The molecule has 0 heterocycles. The maximum Gasteiger partial charge on any atom is 0.339 e. The molecule has 19 heavy (non-hydrogen) atoms. The van der Waals surface area contributed by atoms with Crippen LogP contribution >= 0.6 is 0 Å². The third-order valence-electron chi connectivity index (χ3n) is 2.50. The monoisotopic (exact) mass is 276 g/mol. The first-order chi connectivity index (χ1) is 8.95. The van der Waals surface area contributed by atoms with Crippen LogP contribution in [0.1, 0.15) is 26.2 Å². The number of carbonyl (C=O) groups excluding carboxylic acids is 3. The average Bonchev–Trinajstić information content (AvgIpc) is 2.42. The van der Waals surface area contributed by atoms with Crippen molar-refractivity contribution in [1.29, 1.82) is 0 Å². The number of carbonyl (C=O) groups is 3. The second-order valence-electron chi connectivity index (χ2n) is 3.84. The van der Waals surface area contributed by atoms with Gasteiger partial charge in [-0.15, -0.1) is 0 Å². The molecule has 110 valence electrons. The predicted molar refractivity (Wildman–Crippen MR) is 64.3 cm³/mol. The molecule has 7 heteroatoms. The standard InChI is InChI=1S/C12H20O7/c1-5-6-19-10(14)8-12(18-4,11(15)17-3)7-9(13)16-2/h5-8H2,1-4H3. The van der Waals surface area contributed by atoms with Crippen molar-refractivity contribution < 1.29 is 33.3 Å². The van der Waals surface area contributed by atoms with Gasteiger partial charge in [-0.2, -0.15) is 0 Å². The lowest BCUT2D eigenvalue weighted by Crippen LogP contribution is -2.46. The Hall–Kier alpha value is -1.63. The van der Waals surface area contributed by atoms with Crippen molar-refractivity contribution in [2.45, 2.75) is 31.8 Å². The van der Waals surface area contributed by atoms with Crippen LogP contribution in [-0.2, 0) is 33.3 Å². The fourth-order valence-corrected chi connectivity index (χ4v) is 1.43. The molecule has 0 aromatic carbocycles.